The van der Waals surface area contributed by atoms with E-state index in [4.69, 9.17) is 0 Å². The van der Waals surface area contributed by atoms with Crippen molar-refractivity contribution < 1.29 is 0 Å². The van der Waals surface area contributed by atoms with Crippen LogP contribution in [0.2, 0.25) is 0 Å². The first-order valence-corrected chi connectivity index (χ1v) is 4.30. The molecule has 2 nitrogen and oxygen atoms in total. The molecule has 2 saturated heterocycles. The van der Waals surface area contributed by atoms with Crippen molar-refractivity contribution in [3.8, 4) is 0 Å². The second-order valence-corrected chi connectivity index (χ2v) is 3.52. The molecule has 57 valence electrons. The molecule has 0 aromatic heterocycles. The van der Waals surface area contributed by atoms with Crippen molar-refractivity contribution in [1.29, 1.82) is 0 Å². The first-order chi connectivity index (χ1) is 4.91. The van der Waals surface area contributed by atoms with Gasteiger partial charge in [0.1, 0.15) is 0 Å². The van der Waals surface area contributed by atoms with Crippen molar-refractivity contribution in [2.45, 2.75) is 31.2 Å². The zero-order valence-corrected chi connectivity index (χ0v) is 6.40. The summed E-state index contributed by atoms with van der Waals surface area (Å²) in [5.41, 5.74) is 0.457. The van der Waals surface area contributed by atoms with Crippen molar-refractivity contribution in [2.24, 2.45) is 0 Å². The molecule has 2 aliphatic heterocycles. The molecule has 2 rings (SSSR count). The summed E-state index contributed by atoms with van der Waals surface area (Å²) in [5, 5.41) is 8.00. The molecule has 0 aromatic rings. The fourth-order valence-corrected chi connectivity index (χ4v) is 2.04. The van der Waals surface area contributed by atoms with Crippen molar-refractivity contribution in [1.82, 2.24) is 10.6 Å². The van der Waals surface area contributed by atoms with Gasteiger partial charge >= 0.3 is 0 Å². The van der Waals surface area contributed by atoms with Crippen molar-refractivity contribution in [3.05, 3.63) is 0 Å². The van der Waals surface area contributed by atoms with E-state index in [1.165, 1.54) is 32.2 Å². The van der Waals surface area contributed by atoms with Gasteiger partial charge in [0.05, 0.1) is 0 Å². The van der Waals surface area contributed by atoms with E-state index in [2.05, 4.69) is 10.6 Å². The third kappa shape index (κ3) is 1.06. The van der Waals surface area contributed by atoms with Crippen LogP contribution in [-0.4, -0.2) is 25.2 Å². The van der Waals surface area contributed by atoms with Gasteiger partial charge in [0.2, 0.25) is 0 Å². The Hall–Kier alpha value is -0.0800. The molecule has 10 heavy (non-hydrogen) atoms. The van der Waals surface area contributed by atoms with Gasteiger partial charge in [0.15, 0.2) is 0 Å². The average Bonchev–Trinajstić information content (AvgIpc) is 2.39. The molecule has 0 saturated carbocycles. The minimum Gasteiger partial charge on any atom is -0.310 e. The lowest BCUT2D eigenvalue weighted by atomic mass is 9.88. The van der Waals surface area contributed by atoms with Crippen LogP contribution in [-0.2, 0) is 0 Å². The third-order valence-electron chi connectivity index (χ3n) is 2.75. The maximum absolute atomic E-state index is 4.40. The van der Waals surface area contributed by atoms with Crippen LogP contribution < -0.4 is 10.6 Å². The Morgan fingerprint density at radius 1 is 1.20 bits per heavy atom. The van der Waals surface area contributed by atoms with Gasteiger partial charge in [-0.2, -0.15) is 0 Å². The first-order valence-electron chi connectivity index (χ1n) is 4.30. The Bertz CT molecular complexity index is 108. The molecule has 2 aliphatic rings. The van der Waals surface area contributed by atoms with Crippen LogP contribution in [0.1, 0.15) is 25.7 Å². The van der Waals surface area contributed by atoms with Gasteiger partial charge in [-0.1, -0.05) is 6.42 Å². The summed E-state index contributed by atoms with van der Waals surface area (Å²) in [7, 11) is 0. The van der Waals surface area contributed by atoms with Crippen LogP contribution in [0, 0.1) is 0 Å². The second kappa shape index (κ2) is 2.51. The van der Waals surface area contributed by atoms with Gasteiger partial charge in [0, 0.05) is 18.6 Å². The maximum Gasteiger partial charge on any atom is 0.0335 e. The molecule has 0 aromatic carbocycles. The molecule has 2 fully saturated rings. The molecule has 1 atom stereocenters. The van der Waals surface area contributed by atoms with Crippen LogP contribution in [0.4, 0.5) is 0 Å². The standard InChI is InChI=1S/C8H15N2/c1-2-5-10-8(3-1)4-6-9-7-8/h10H,1-7H2. The van der Waals surface area contributed by atoms with E-state index in [0.717, 1.165) is 13.1 Å². The highest BCUT2D eigenvalue weighted by Crippen LogP contribution is 2.25. The van der Waals surface area contributed by atoms with Gasteiger partial charge in [-0.05, 0) is 25.8 Å². The van der Waals surface area contributed by atoms with E-state index in [9.17, 15) is 0 Å². The van der Waals surface area contributed by atoms with Crippen LogP contribution in [0.15, 0.2) is 0 Å². The summed E-state index contributed by atoms with van der Waals surface area (Å²) in [4.78, 5) is 0. The van der Waals surface area contributed by atoms with E-state index in [1.54, 1.807) is 0 Å². The Morgan fingerprint density at radius 3 is 2.80 bits per heavy atom. The normalized spacial score (nSPS) is 40.8. The first kappa shape index (κ1) is 6.62. The van der Waals surface area contributed by atoms with Gasteiger partial charge < -0.3 is 5.32 Å². The molecule has 0 amide bonds. The minimum absolute atomic E-state index is 0.457. The molecule has 1 spiro atoms. The summed E-state index contributed by atoms with van der Waals surface area (Å²) in [5.74, 6) is 0. The number of hydrogen-bond acceptors (Lipinski definition) is 1. The number of piperidine rings is 1. The van der Waals surface area contributed by atoms with E-state index < -0.39 is 0 Å². The Labute approximate surface area is 62.4 Å². The van der Waals surface area contributed by atoms with Crippen LogP contribution >= 0.6 is 0 Å². The summed E-state index contributed by atoms with van der Waals surface area (Å²) >= 11 is 0. The predicted octanol–water partition coefficient (Wildman–Crippen LogP) is 0.507. The SMILES string of the molecule is C1CCC2(CC[N]C2)NC1. The summed E-state index contributed by atoms with van der Waals surface area (Å²) < 4.78 is 0. The van der Waals surface area contributed by atoms with Gasteiger partial charge in [-0.3, -0.25) is 0 Å². The maximum atomic E-state index is 4.40. The average molecular weight is 139 g/mol. The molecule has 1 radical (unpaired) electrons. The zero-order valence-electron chi connectivity index (χ0n) is 6.40. The lowest BCUT2D eigenvalue weighted by Gasteiger charge is -2.33. The highest BCUT2D eigenvalue weighted by molar-refractivity contribution is 4.97. The van der Waals surface area contributed by atoms with Gasteiger partial charge in [-0.25, -0.2) is 5.32 Å². The Balaban J connectivity index is 1.98. The molecular formula is C8H15N2. The lowest BCUT2D eigenvalue weighted by molar-refractivity contribution is 0.277. The topological polar surface area (TPSA) is 26.1 Å². The number of nitrogens with one attached hydrogen (secondary N) is 1. The van der Waals surface area contributed by atoms with Crippen molar-refractivity contribution >= 4 is 0 Å². The minimum atomic E-state index is 0.457. The van der Waals surface area contributed by atoms with Crippen molar-refractivity contribution in [2.75, 3.05) is 19.6 Å². The Morgan fingerprint density at radius 2 is 2.20 bits per heavy atom. The molecule has 2 heterocycles. The quantitative estimate of drug-likeness (QED) is 0.520. The monoisotopic (exact) mass is 139 g/mol. The van der Waals surface area contributed by atoms with E-state index in [-0.39, 0.29) is 0 Å². The number of rotatable bonds is 0. The highest BCUT2D eigenvalue weighted by Gasteiger charge is 2.34. The number of nitrogens with zero attached hydrogens (tertiary/aromatic N) is 1. The molecule has 0 aliphatic carbocycles. The van der Waals surface area contributed by atoms with Crippen molar-refractivity contribution in [3.63, 3.8) is 0 Å². The molecule has 1 unspecified atom stereocenters. The molecule has 1 N–H and O–H groups in total. The smallest absolute Gasteiger partial charge is 0.0335 e. The van der Waals surface area contributed by atoms with Gasteiger partial charge in [-0.15, -0.1) is 0 Å². The van der Waals surface area contributed by atoms with E-state index >= 15 is 0 Å². The molecule has 0 bridgehead atoms. The largest absolute Gasteiger partial charge is 0.310 e. The number of hydrogen-bond donors (Lipinski definition) is 1. The summed E-state index contributed by atoms with van der Waals surface area (Å²) in [6.07, 6.45) is 5.41. The van der Waals surface area contributed by atoms with Crippen LogP contribution in [0.3, 0.4) is 0 Å². The lowest BCUT2D eigenvalue weighted by Crippen LogP contribution is -2.49. The van der Waals surface area contributed by atoms with Gasteiger partial charge in [0.25, 0.3) is 0 Å². The highest BCUT2D eigenvalue weighted by atomic mass is 15.1. The molecule has 2 heteroatoms. The summed E-state index contributed by atoms with van der Waals surface area (Å²) in [6, 6.07) is 0. The van der Waals surface area contributed by atoms with E-state index in [0.29, 0.717) is 5.54 Å². The van der Waals surface area contributed by atoms with Crippen LogP contribution in [0.25, 0.3) is 0 Å². The predicted molar refractivity (Wildman–Crippen MR) is 41.1 cm³/mol. The fraction of sp³-hybridized carbons (Fsp3) is 1.00. The third-order valence-corrected chi connectivity index (χ3v) is 2.75. The van der Waals surface area contributed by atoms with E-state index in [1.807, 2.05) is 0 Å². The fourth-order valence-electron chi connectivity index (χ4n) is 2.04. The van der Waals surface area contributed by atoms with Crippen LogP contribution in [0.5, 0.6) is 0 Å². The molecular weight excluding hydrogens is 124 g/mol. The second-order valence-electron chi connectivity index (χ2n) is 3.52. The summed E-state index contributed by atoms with van der Waals surface area (Å²) in [6.45, 7) is 3.38. The zero-order chi connectivity index (χ0) is 6.86. The Kier molecular flexibility index (Phi) is 1.66.